The largest absolute Gasteiger partial charge is 0.303 e. The molecule has 0 radical (unpaired) electrons. The summed E-state index contributed by atoms with van der Waals surface area (Å²) in [6, 6.07) is 0. The Morgan fingerprint density at radius 2 is 2.00 bits per heavy atom. The number of rotatable bonds is 3. The van der Waals surface area contributed by atoms with Gasteiger partial charge in [0.05, 0.1) is 0 Å². The lowest BCUT2D eigenvalue weighted by Gasteiger charge is -2.29. The SMILES string of the molecule is CCCCN1CCC(S)CC1. The van der Waals surface area contributed by atoms with Gasteiger partial charge in [-0.1, -0.05) is 13.3 Å². The van der Waals surface area contributed by atoms with Crippen LogP contribution in [0, 0.1) is 0 Å². The molecule has 1 aliphatic heterocycles. The third-order valence-corrected chi connectivity index (χ3v) is 2.90. The number of hydrogen-bond acceptors (Lipinski definition) is 2. The normalized spacial score (nSPS) is 22.4. The van der Waals surface area contributed by atoms with Crippen LogP contribution >= 0.6 is 12.6 Å². The molecule has 1 heterocycles. The van der Waals surface area contributed by atoms with E-state index in [-0.39, 0.29) is 0 Å². The first-order chi connectivity index (χ1) is 5.33. The minimum atomic E-state index is 0.674. The summed E-state index contributed by atoms with van der Waals surface area (Å²) >= 11 is 4.47. The molecule has 0 aromatic rings. The van der Waals surface area contributed by atoms with E-state index in [0.717, 1.165) is 0 Å². The first kappa shape index (κ1) is 9.40. The van der Waals surface area contributed by atoms with Gasteiger partial charge >= 0.3 is 0 Å². The van der Waals surface area contributed by atoms with Crippen LogP contribution in [0.3, 0.4) is 0 Å². The van der Waals surface area contributed by atoms with E-state index in [1.54, 1.807) is 0 Å². The number of nitrogens with zero attached hydrogens (tertiary/aromatic N) is 1. The molecule has 0 N–H and O–H groups in total. The summed E-state index contributed by atoms with van der Waals surface area (Å²) in [6.45, 7) is 6.10. The van der Waals surface area contributed by atoms with E-state index < -0.39 is 0 Å². The zero-order valence-corrected chi connectivity index (χ0v) is 8.32. The van der Waals surface area contributed by atoms with Crippen LogP contribution in [0.5, 0.6) is 0 Å². The van der Waals surface area contributed by atoms with Crippen LogP contribution in [0.4, 0.5) is 0 Å². The molecular weight excluding hydrogens is 154 g/mol. The number of likely N-dealkylation sites (tertiary alicyclic amines) is 1. The van der Waals surface area contributed by atoms with Gasteiger partial charge in [-0.2, -0.15) is 12.6 Å². The molecule has 1 saturated heterocycles. The summed E-state index contributed by atoms with van der Waals surface area (Å²) in [6.07, 6.45) is 5.25. The van der Waals surface area contributed by atoms with Gasteiger partial charge in [-0.25, -0.2) is 0 Å². The van der Waals surface area contributed by atoms with Crippen LogP contribution in [-0.2, 0) is 0 Å². The average Bonchev–Trinajstić information content (AvgIpc) is 2.04. The highest BCUT2D eigenvalue weighted by atomic mass is 32.1. The summed E-state index contributed by atoms with van der Waals surface area (Å²) in [7, 11) is 0. The molecule has 0 saturated carbocycles. The molecular formula is C9H19NS. The Morgan fingerprint density at radius 1 is 1.36 bits per heavy atom. The Labute approximate surface area is 75.6 Å². The van der Waals surface area contributed by atoms with Gasteiger partial charge in [-0.3, -0.25) is 0 Å². The minimum absolute atomic E-state index is 0.674. The van der Waals surface area contributed by atoms with Crippen molar-refractivity contribution in [1.82, 2.24) is 4.90 Å². The van der Waals surface area contributed by atoms with Gasteiger partial charge in [0, 0.05) is 5.25 Å². The fourth-order valence-corrected chi connectivity index (χ4v) is 1.76. The average molecular weight is 173 g/mol. The Balaban J connectivity index is 2.07. The van der Waals surface area contributed by atoms with E-state index in [2.05, 4.69) is 24.5 Å². The van der Waals surface area contributed by atoms with Gasteiger partial charge in [-0.15, -0.1) is 0 Å². The van der Waals surface area contributed by atoms with E-state index >= 15 is 0 Å². The van der Waals surface area contributed by atoms with Gasteiger partial charge in [0.15, 0.2) is 0 Å². The molecule has 11 heavy (non-hydrogen) atoms. The summed E-state index contributed by atoms with van der Waals surface area (Å²) in [5.41, 5.74) is 0. The van der Waals surface area contributed by atoms with Gasteiger partial charge in [0.1, 0.15) is 0 Å². The number of piperidine rings is 1. The van der Waals surface area contributed by atoms with Crippen LogP contribution in [0.1, 0.15) is 32.6 Å². The van der Waals surface area contributed by atoms with Gasteiger partial charge in [0.2, 0.25) is 0 Å². The van der Waals surface area contributed by atoms with Crippen LogP contribution in [0.2, 0.25) is 0 Å². The lowest BCUT2D eigenvalue weighted by atomic mass is 10.1. The van der Waals surface area contributed by atoms with E-state index in [1.807, 2.05) is 0 Å². The Morgan fingerprint density at radius 3 is 2.55 bits per heavy atom. The van der Waals surface area contributed by atoms with Crippen molar-refractivity contribution in [3.63, 3.8) is 0 Å². The molecule has 0 bridgehead atoms. The van der Waals surface area contributed by atoms with Crippen molar-refractivity contribution in [2.75, 3.05) is 19.6 Å². The molecule has 2 heteroatoms. The molecule has 1 nitrogen and oxygen atoms in total. The van der Waals surface area contributed by atoms with E-state index in [0.29, 0.717) is 5.25 Å². The number of unbranched alkanes of at least 4 members (excludes halogenated alkanes) is 1. The molecule has 0 atom stereocenters. The fraction of sp³-hybridized carbons (Fsp3) is 1.00. The van der Waals surface area contributed by atoms with E-state index in [1.165, 1.54) is 45.3 Å². The third kappa shape index (κ3) is 3.48. The maximum absolute atomic E-state index is 4.47. The smallest absolute Gasteiger partial charge is 0.00411 e. The Bertz CT molecular complexity index is 95.0. The predicted molar refractivity (Wildman–Crippen MR) is 53.4 cm³/mol. The molecule has 1 fully saturated rings. The second kappa shape index (κ2) is 5.04. The van der Waals surface area contributed by atoms with Gasteiger partial charge in [-0.05, 0) is 38.9 Å². The Hall–Kier alpha value is 0.310. The molecule has 0 amide bonds. The highest BCUT2D eigenvalue weighted by Crippen LogP contribution is 2.15. The van der Waals surface area contributed by atoms with Crippen molar-refractivity contribution in [3.8, 4) is 0 Å². The molecule has 66 valence electrons. The summed E-state index contributed by atoms with van der Waals surface area (Å²) in [5.74, 6) is 0. The van der Waals surface area contributed by atoms with Crippen molar-refractivity contribution in [3.05, 3.63) is 0 Å². The second-order valence-electron chi connectivity index (χ2n) is 3.43. The van der Waals surface area contributed by atoms with Gasteiger partial charge < -0.3 is 4.90 Å². The fourth-order valence-electron chi connectivity index (χ4n) is 1.52. The van der Waals surface area contributed by atoms with Gasteiger partial charge in [0.25, 0.3) is 0 Å². The molecule has 0 aromatic heterocycles. The molecule has 0 aromatic carbocycles. The lowest BCUT2D eigenvalue weighted by Crippen LogP contribution is -2.34. The maximum atomic E-state index is 4.47. The Kier molecular flexibility index (Phi) is 4.31. The van der Waals surface area contributed by atoms with Crippen LogP contribution < -0.4 is 0 Å². The highest BCUT2D eigenvalue weighted by molar-refractivity contribution is 7.80. The van der Waals surface area contributed by atoms with Crippen LogP contribution in [0.25, 0.3) is 0 Å². The van der Waals surface area contributed by atoms with Crippen molar-refractivity contribution in [2.24, 2.45) is 0 Å². The third-order valence-electron chi connectivity index (χ3n) is 2.38. The molecule has 0 unspecified atom stereocenters. The van der Waals surface area contributed by atoms with E-state index in [4.69, 9.17) is 0 Å². The first-order valence-corrected chi connectivity index (χ1v) is 5.25. The quantitative estimate of drug-likeness (QED) is 0.640. The zero-order valence-electron chi connectivity index (χ0n) is 7.42. The minimum Gasteiger partial charge on any atom is -0.303 e. The summed E-state index contributed by atoms with van der Waals surface area (Å²) < 4.78 is 0. The predicted octanol–water partition coefficient (Wildman–Crippen LogP) is 2.18. The topological polar surface area (TPSA) is 3.24 Å². The first-order valence-electron chi connectivity index (χ1n) is 4.73. The summed E-state index contributed by atoms with van der Waals surface area (Å²) in [5, 5.41) is 0.674. The monoisotopic (exact) mass is 173 g/mol. The highest BCUT2D eigenvalue weighted by Gasteiger charge is 2.14. The lowest BCUT2D eigenvalue weighted by molar-refractivity contribution is 0.230. The standard InChI is InChI=1S/C9H19NS/c1-2-3-6-10-7-4-9(11)5-8-10/h9,11H,2-8H2,1H3. The molecule has 1 rings (SSSR count). The van der Waals surface area contributed by atoms with Crippen molar-refractivity contribution in [1.29, 1.82) is 0 Å². The molecule has 0 aliphatic carbocycles. The summed E-state index contributed by atoms with van der Waals surface area (Å²) in [4.78, 5) is 2.57. The maximum Gasteiger partial charge on any atom is 0.00411 e. The van der Waals surface area contributed by atoms with Crippen molar-refractivity contribution >= 4 is 12.6 Å². The van der Waals surface area contributed by atoms with Crippen molar-refractivity contribution < 1.29 is 0 Å². The zero-order chi connectivity index (χ0) is 8.10. The van der Waals surface area contributed by atoms with E-state index in [9.17, 15) is 0 Å². The second-order valence-corrected chi connectivity index (χ2v) is 4.16. The van der Waals surface area contributed by atoms with Crippen molar-refractivity contribution in [2.45, 2.75) is 37.9 Å². The number of thiol groups is 1. The molecule has 1 aliphatic rings. The van der Waals surface area contributed by atoms with Crippen LogP contribution in [-0.4, -0.2) is 29.8 Å². The molecule has 0 spiro atoms. The number of hydrogen-bond donors (Lipinski definition) is 1. The van der Waals surface area contributed by atoms with Crippen LogP contribution in [0.15, 0.2) is 0 Å².